The fourth-order valence-corrected chi connectivity index (χ4v) is 3.41. The molecule has 0 aromatic heterocycles. The molecule has 1 fully saturated rings. The van der Waals surface area contributed by atoms with E-state index in [1.807, 2.05) is 13.8 Å². The summed E-state index contributed by atoms with van der Waals surface area (Å²) in [4.78, 5) is 0. The molecule has 1 rings (SSSR count). The van der Waals surface area contributed by atoms with E-state index in [9.17, 15) is 8.42 Å². The van der Waals surface area contributed by atoms with Crippen LogP contribution in [0.15, 0.2) is 0 Å². The molecule has 6 heteroatoms. The molecule has 0 bridgehead atoms. The Morgan fingerprint density at radius 3 is 2.24 bits per heavy atom. The SMILES string of the molecule is CC(C)N(C)S(=O)(=O)NC1CCC(CO)CC1. The molecule has 17 heavy (non-hydrogen) atoms. The van der Waals surface area contributed by atoms with Crippen LogP contribution in [0.25, 0.3) is 0 Å². The summed E-state index contributed by atoms with van der Waals surface area (Å²) in [6, 6.07) is -0.0229. The zero-order valence-corrected chi connectivity index (χ0v) is 11.7. The van der Waals surface area contributed by atoms with Gasteiger partial charge in [0.2, 0.25) is 0 Å². The Morgan fingerprint density at radius 2 is 1.82 bits per heavy atom. The summed E-state index contributed by atoms with van der Waals surface area (Å²) < 4.78 is 28.0. The third kappa shape index (κ3) is 4.21. The average Bonchev–Trinajstić information content (AvgIpc) is 2.28. The van der Waals surface area contributed by atoms with Crippen LogP contribution in [-0.4, -0.2) is 43.6 Å². The van der Waals surface area contributed by atoms with Crippen LogP contribution in [-0.2, 0) is 10.2 Å². The molecule has 0 aromatic carbocycles. The lowest BCUT2D eigenvalue weighted by Crippen LogP contribution is -2.47. The first-order chi connectivity index (χ1) is 7.86. The highest BCUT2D eigenvalue weighted by Gasteiger charge is 2.27. The van der Waals surface area contributed by atoms with E-state index < -0.39 is 10.2 Å². The molecule has 0 aliphatic heterocycles. The lowest BCUT2D eigenvalue weighted by atomic mass is 9.87. The van der Waals surface area contributed by atoms with Crippen molar-refractivity contribution in [2.45, 2.75) is 51.6 Å². The summed E-state index contributed by atoms with van der Waals surface area (Å²) in [5.74, 6) is 0.346. The van der Waals surface area contributed by atoms with Gasteiger partial charge in [-0.25, -0.2) is 0 Å². The maximum absolute atomic E-state index is 12.0. The zero-order valence-electron chi connectivity index (χ0n) is 10.9. The number of hydrogen-bond donors (Lipinski definition) is 2. The first-order valence-electron chi connectivity index (χ1n) is 6.23. The van der Waals surface area contributed by atoms with E-state index in [-0.39, 0.29) is 18.7 Å². The smallest absolute Gasteiger partial charge is 0.279 e. The Bertz CT molecular complexity index is 322. The predicted molar refractivity (Wildman–Crippen MR) is 67.8 cm³/mol. The lowest BCUT2D eigenvalue weighted by Gasteiger charge is -2.30. The number of nitrogens with zero attached hydrogens (tertiary/aromatic N) is 1. The number of rotatable bonds is 5. The normalized spacial score (nSPS) is 26.7. The van der Waals surface area contributed by atoms with E-state index in [4.69, 9.17) is 5.11 Å². The number of nitrogens with one attached hydrogen (secondary N) is 1. The van der Waals surface area contributed by atoms with Crippen molar-refractivity contribution in [2.75, 3.05) is 13.7 Å². The van der Waals surface area contributed by atoms with Crippen molar-refractivity contribution < 1.29 is 13.5 Å². The van der Waals surface area contributed by atoms with Gasteiger partial charge in [-0.05, 0) is 45.4 Å². The van der Waals surface area contributed by atoms with Crippen LogP contribution >= 0.6 is 0 Å². The standard InChI is InChI=1S/C11H24N2O3S/c1-9(2)13(3)17(15,16)12-11-6-4-10(8-14)5-7-11/h9-12,14H,4-8H2,1-3H3. The van der Waals surface area contributed by atoms with E-state index in [1.54, 1.807) is 7.05 Å². The van der Waals surface area contributed by atoms with Crippen molar-refractivity contribution in [2.24, 2.45) is 5.92 Å². The van der Waals surface area contributed by atoms with Gasteiger partial charge in [0, 0.05) is 25.7 Å². The van der Waals surface area contributed by atoms with Gasteiger partial charge in [0.05, 0.1) is 0 Å². The third-order valence-corrected chi connectivity index (χ3v) is 5.34. The molecule has 0 radical (unpaired) electrons. The molecule has 0 spiro atoms. The van der Waals surface area contributed by atoms with Crippen molar-refractivity contribution in [3.8, 4) is 0 Å². The second-order valence-electron chi connectivity index (χ2n) is 5.13. The Kier molecular flexibility index (Phi) is 5.37. The molecule has 0 saturated heterocycles. The van der Waals surface area contributed by atoms with Crippen LogP contribution in [0.1, 0.15) is 39.5 Å². The van der Waals surface area contributed by atoms with Crippen LogP contribution in [0.3, 0.4) is 0 Å². The Balaban J connectivity index is 2.50. The summed E-state index contributed by atoms with van der Waals surface area (Å²) in [5, 5.41) is 9.02. The molecule has 0 aromatic rings. The summed E-state index contributed by atoms with van der Waals surface area (Å²) in [6.07, 6.45) is 3.43. The number of aliphatic hydroxyl groups excluding tert-OH is 1. The first kappa shape index (κ1) is 14.9. The van der Waals surface area contributed by atoms with Gasteiger partial charge < -0.3 is 5.11 Å². The van der Waals surface area contributed by atoms with Gasteiger partial charge in [-0.2, -0.15) is 17.4 Å². The van der Waals surface area contributed by atoms with Crippen molar-refractivity contribution in [1.29, 1.82) is 0 Å². The maximum atomic E-state index is 12.0. The second-order valence-corrected chi connectivity index (χ2v) is 6.89. The molecular weight excluding hydrogens is 240 g/mol. The molecule has 102 valence electrons. The Morgan fingerprint density at radius 1 is 1.29 bits per heavy atom. The zero-order chi connectivity index (χ0) is 13.1. The first-order valence-corrected chi connectivity index (χ1v) is 7.67. The van der Waals surface area contributed by atoms with Gasteiger partial charge in [-0.3, -0.25) is 0 Å². The molecule has 0 amide bonds. The summed E-state index contributed by atoms with van der Waals surface area (Å²) in [5.41, 5.74) is 0. The Hall–Kier alpha value is -0.170. The quantitative estimate of drug-likeness (QED) is 0.768. The van der Waals surface area contributed by atoms with Crippen LogP contribution in [0.4, 0.5) is 0 Å². The van der Waals surface area contributed by atoms with E-state index in [0.29, 0.717) is 5.92 Å². The van der Waals surface area contributed by atoms with Gasteiger partial charge in [0.25, 0.3) is 10.2 Å². The molecule has 1 saturated carbocycles. The Labute approximate surface area is 104 Å². The highest BCUT2D eigenvalue weighted by molar-refractivity contribution is 7.87. The van der Waals surface area contributed by atoms with Crippen LogP contribution in [0, 0.1) is 5.92 Å². The van der Waals surface area contributed by atoms with E-state index in [0.717, 1.165) is 25.7 Å². The van der Waals surface area contributed by atoms with Crippen LogP contribution < -0.4 is 4.72 Å². The number of hydrogen-bond acceptors (Lipinski definition) is 3. The lowest BCUT2D eigenvalue weighted by molar-refractivity contribution is 0.179. The van der Waals surface area contributed by atoms with Crippen LogP contribution in [0.2, 0.25) is 0 Å². The average molecular weight is 264 g/mol. The molecule has 0 heterocycles. The topological polar surface area (TPSA) is 69.6 Å². The summed E-state index contributed by atoms with van der Waals surface area (Å²) in [7, 11) is -1.77. The van der Waals surface area contributed by atoms with Crippen molar-refractivity contribution in [3.05, 3.63) is 0 Å². The minimum Gasteiger partial charge on any atom is -0.396 e. The molecule has 1 aliphatic rings. The maximum Gasteiger partial charge on any atom is 0.279 e. The fourth-order valence-electron chi connectivity index (χ4n) is 2.03. The molecule has 0 atom stereocenters. The predicted octanol–water partition coefficient (Wildman–Crippen LogP) is 0.712. The van der Waals surface area contributed by atoms with Crippen molar-refractivity contribution in [1.82, 2.24) is 9.03 Å². The number of aliphatic hydroxyl groups is 1. The highest BCUT2D eigenvalue weighted by Crippen LogP contribution is 2.24. The van der Waals surface area contributed by atoms with Gasteiger partial charge in [0.15, 0.2) is 0 Å². The van der Waals surface area contributed by atoms with Gasteiger partial charge in [0.1, 0.15) is 0 Å². The minimum atomic E-state index is -3.36. The molecule has 0 unspecified atom stereocenters. The molecule has 5 nitrogen and oxygen atoms in total. The van der Waals surface area contributed by atoms with E-state index in [1.165, 1.54) is 4.31 Å². The van der Waals surface area contributed by atoms with Gasteiger partial charge >= 0.3 is 0 Å². The highest BCUT2D eigenvalue weighted by atomic mass is 32.2. The van der Waals surface area contributed by atoms with Crippen molar-refractivity contribution in [3.63, 3.8) is 0 Å². The van der Waals surface area contributed by atoms with E-state index >= 15 is 0 Å². The van der Waals surface area contributed by atoms with Crippen LogP contribution in [0.5, 0.6) is 0 Å². The molecule has 1 aliphatic carbocycles. The second kappa shape index (κ2) is 6.13. The largest absolute Gasteiger partial charge is 0.396 e. The third-order valence-electron chi connectivity index (χ3n) is 3.53. The summed E-state index contributed by atoms with van der Waals surface area (Å²) in [6.45, 7) is 3.91. The molecule has 2 N–H and O–H groups in total. The van der Waals surface area contributed by atoms with Gasteiger partial charge in [-0.15, -0.1) is 0 Å². The van der Waals surface area contributed by atoms with E-state index in [2.05, 4.69) is 4.72 Å². The molecular formula is C11H24N2O3S. The summed E-state index contributed by atoms with van der Waals surface area (Å²) >= 11 is 0. The minimum absolute atomic E-state index is 0.0176. The van der Waals surface area contributed by atoms with Gasteiger partial charge in [-0.1, -0.05) is 0 Å². The monoisotopic (exact) mass is 264 g/mol. The van der Waals surface area contributed by atoms with Crippen molar-refractivity contribution >= 4 is 10.2 Å². The fraction of sp³-hybridized carbons (Fsp3) is 1.00.